The number of hydrogen-bond acceptors (Lipinski definition) is 13. The number of rotatable bonds is 8. The van der Waals surface area contributed by atoms with E-state index in [0.29, 0.717) is 85.0 Å². The average molecular weight is 575 g/mol. The van der Waals surface area contributed by atoms with Gasteiger partial charge in [0.15, 0.2) is 26.6 Å². The van der Waals surface area contributed by atoms with Gasteiger partial charge >= 0.3 is 5.97 Å². The fourth-order valence-corrected chi connectivity index (χ4v) is 5.81. The van der Waals surface area contributed by atoms with E-state index in [1.54, 1.807) is 26.0 Å². The van der Waals surface area contributed by atoms with Gasteiger partial charge in [-0.1, -0.05) is 23.5 Å². The number of fused-ring (bicyclic) bond motifs is 1. The molecular formula is C25H30N6O6S2. The highest BCUT2D eigenvalue weighted by atomic mass is 32.2. The van der Waals surface area contributed by atoms with Crippen molar-refractivity contribution in [3.05, 3.63) is 40.4 Å². The highest BCUT2D eigenvalue weighted by Crippen LogP contribution is 2.40. The second-order valence-corrected chi connectivity index (χ2v) is 12.1. The van der Waals surface area contributed by atoms with Crippen LogP contribution in [-0.2, 0) is 25.9 Å². The Hall–Kier alpha value is -3.49. The summed E-state index contributed by atoms with van der Waals surface area (Å²) < 4.78 is 40.5. The molecule has 39 heavy (non-hydrogen) atoms. The summed E-state index contributed by atoms with van der Waals surface area (Å²) in [6.45, 7) is 7.80. The largest absolute Gasteiger partial charge is 0.485 e. The molecule has 0 amide bonds. The summed E-state index contributed by atoms with van der Waals surface area (Å²) in [7, 11) is -3.28. The van der Waals surface area contributed by atoms with Gasteiger partial charge in [-0.05, 0) is 31.5 Å². The summed E-state index contributed by atoms with van der Waals surface area (Å²) in [5, 5.41) is 3.65. The van der Waals surface area contributed by atoms with Crippen molar-refractivity contribution >= 4 is 49.9 Å². The maximum absolute atomic E-state index is 12.3. The molecule has 2 aromatic heterocycles. The highest BCUT2D eigenvalue weighted by Gasteiger charge is 2.29. The van der Waals surface area contributed by atoms with Gasteiger partial charge in [-0.2, -0.15) is 9.97 Å². The molecular weight excluding hydrogens is 544 g/mol. The Balaban J connectivity index is 1.48. The van der Waals surface area contributed by atoms with Crippen LogP contribution in [0.25, 0.3) is 0 Å². The van der Waals surface area contributed by atoms with Gasteiger partial charge < -0.3 is 24.0 Å². The molecule has 2 aliphatic heterocycles. The van der Waals surface area contributed by atoms with Crippen LogP contribution in [0.5, 0.6) is 5.75 Å². The van der Waals surface area contributed by atoms with E-state index in [4.69, 9.17) is 24.2 Å². The van der Waals surface area contributed by atoms with Crippen LogP contribution in [0.2, 0.25) is 0 Å². The average Bonchev–Trinajstić information content (AvgIpc) is 3.29. The zero-order valence-electron chi connectivity index (χ0n) is 22.0. The van der Waals surface area contributed by atoms with E-state index in [1.165, 1.54) is 17.6 Å². The van der Waals surface area contributed by atoms with Crippen LogP contribution in [-0.4, -0.2) is 81.7 Å². The Labute approximate surface area is 230 Å². The molecule has 5 rings (SSSR count). The lowest BCUT2D eigenvalue weighted by Crippen LogP contribution is -2.39. The summed E-state index contributed by atoms with van der Waals surface area (Å²) in [5.41, 5.74) is 1.50. The van der Waals surface area contributed by atoms with Crippen LogP contribution >= 0.6 is 11.3 Å². The van der Waals surface area contributed by atoms with Gasteiger partial charge in [0.2, 0.25) is 11.7 Å². The third kappa shape index (κ3) is 6.07. The van der Waals surface area contributed by atoms with Crippen molar-refractivity contribution in [2.45, 2.75) is 25.3 Å². The molecule has 1 saturated heterocycles. The zero-order chi connectivity index (χ0) is 27.6. The lowest BCUT2D eigenvalue weighted by atomic mass is 10.2. The first-order valence-corrected chi connectivity index (χ1v) is 15.3. The number of sulfone groups is 1. The SMILES string of the molecule is CCOC(=O)c1sc(Nc2nc(N3CCOCC3)c3c(n2)N(Cc2ccc(S(C)(=O)=O)cc2)CCO3)nc1C. The Kier molecular flexibility index (Phi) is 7.86. The lowest BCUT2D eigenvalue weighted by molar-refractivity contribution is 0.0531. The third-order valence-corrected chi connectivity index (χ3v) is 8.43. The van der Waals surface area contributed by atoms with Crippen LogP contribution in [0, 0.1) is 6.92 Å². The number of aromatic nitrogens is 3. The van der Waals surface area contributed by atoms with Crippen molar-refractivity contribution in [3.8, 4) is 5.75 Å². The molecule has 1 fully saturated rings. The van der Waals surface area contributed by atoms with E-state index >= 15 is 0 Å². The number of hydrogen-bond donors (Lipinski definition) is 1. The van der Waals surface area contributed by atoms with Crippen molar-refractivity contribution in [1.29, 1.82) is 0 Å². The van der Waals surface area contributed by atoms with Crippen LogP contribution in [0.4, 0.5) is 22.7 Å². The maximum Gasteiger partial charge on any atom is 0.350 e. The quantitative estimate of drug-likeness (QED) is 0.396. The smallest absolute Gasteiger partial charge is 0.350 e. The number of nitrogens with one attached hydrogen (secondary N) is 1. The molecule has 0 radical (unpaired) electrons. The van der Waals surface area contributed by atoms with Crippen molar-refractivity contribution < 1.29 is 27.4 Å². The molecule has 0 unspecified atom stereocenters. The van der Waals surface area contributed by atoms with Gasteiger partial charge in [0.25, 0.3) is 0 Å². The van der Waals surface area contributed by atoms with Crippen molar-refractivity contribution in [1.82, 2.24) is 15.0 Å². The minimum Gasteiger partial charge on any atom is -0.485 e. The number of morpholine rings is 1. The molecule has 14 heteroatoms. The number of esters is 1. The first-order valence-electron chi connectivity index (χ1n) is 12.6. The van der Waals surface area contributed by atoms with E-state index in [2.05, 4.69) is 20.1 Å². The molecule has 0 aliphatic carbocycles. The Morgan fingerprint density at radius 2 is 1.79 bits per heavy atom. The number of ether oxygens (including phenoxy) is 3. The minimum absolute atomic E-state index is 0.276. The van der Waals surface area contributed by atoms with E-state index in [1.807, 2.05) is 12.1 Å². The number of benzene rings is 1. The number of anilines is 4. The van der Waals surface area contributed by atoms with Gasteiger partial charge in [0.1, 0.15) is 11.5 Å². The molecule has 4 heterocycles. The predicted octanol–water partition coefficient (Wildman–Crippen LogP) is 2.80. The van der Waals surface area contributed by atoms with Gasteiger partial charge in [-0.3, -0.25) is 5.32 Å². The Morgan fingerprint density at radius 3 is 2.49 bits per heavy atom. The molecule has 1 N–H and O–H groups in total. The summed E-state index contributed by atoms with van der Waals surface area (Å²) in [5.74, 6) is 1.77. The van der Waals surface area contributed by atoms with E-state index in [9.17, 15) is 13.2 Å². The zero-order valence-corrected chi connectivity index (χ0v) is 23.6. The van der Waals surface area contributed by atoms with Gasteiger partial charge in [-0.15, -0.1) is 0 Å². The van der Waals surface area contributed by atoms with Crippen molar-refractivity contribution in [2.24, 2.45) is 0 Å². The van der Waals surface area contributed by atoms with E-state index < -0.39 is 15.8 Å². The molecule has 12 nitrogen and oxygen atoms in total. The fraction of sp³-hybridized carbons (Fsp3) is 0.440. The maximum atomic E-state index is 12.3. The van der Waals surface area contributed by atoms with Gasteiger partial charge in [0, 0.05) is 25.9 Å². The lowest BCUT2D eigenvalue weighted by Gasteiger charge is -2.35. The van der Waals surface area contributed by atoms with Gasteiger partial charge in [-0.25, -0.2) is 18.2 Å². The molecule has 2 aliphatic rings. The molecule has 1 aromatic carbocycles. The molecule has 0 atom stereocenters. The Bertz CT molecular complexity index is 1450. The summed E-state index contributed by atoms with van der Waals surface area (Å²) in [4.78, 5) is 31.2. The molecule has 3 aromatic rings. The second kappa shape index (κ2) is 11.3. The molecule has 0 bridgehead atoms. The van der Waals surface area contributed by atoms with Crippen molar-refractivity contribution in [3.63, 3.8) is 0 Å². The predicted molar refractivity (Wildman–Crippen MR) is 147 cm³/mol. The molecule has 0 saturated carbocycles. The van der Waals surface area contributed by atoms with Gasteiger partial charge in [0.05, 0.1) is 37.0 Å². The first-order chi connectivity index (χ1) is 18.7. The van der Waals surface area contributed by atoms with E-state index in [-0.39, 0.29) is 11.5 Å². The van der Waals surface area contributed by atoms with Crippen molar-refractivity contribution in [2.75, 3.05) is 67.4 Å². The summed E-state index contributed by atoms with van der Waals surface area (Å²) >= 11 is 1.18. The van der Waals surface area contributed by atoms with Crippen LogP contribution in [0.1, 0.15) is 27.9 Å². The third-order valence-electron chi connectivity index (χ3n) is 6.25. The number of aryl methyl sites for hydroxylation is 1. The topological polar surface area (TPSA) is 136 Å². The highest BCUT2D eigenvalue weighted by molar-refractivity contribution is 7.90. The summed E-state index contributed by atoms with van der Waals surface area (Å²) in [6, 6.07) is 6.85. The number of carbonyl (C=O) groups excluding carboxylic acids is 1. The molecule has 0 spiro atoms. The normalized spacial score (nSPS) is 15.5. The fourth-order valence-electron chi connectivity index (χ4n) is 4.33. The first kappa shape index (κ1) is 27.1. The van der Waals surface area contributed by atoms with Crippen LogP contribution < -0.4 is 19.9 Å². The second-order valence-electron chi connectivity index (χ2n) is 9.09. The monoisotopic (exact) mass is 574 g/mol. The summed E-state index contributed by atoms with van der Waals surface area (Å²) in [6.07, 6.45) is 1.19. The minimum atomic E-state index is -3.28. The van der Waals surface area contributed by atoms with E-state index in [0.717, 1.165) is 5.56 Å². The number of carbonyl (C=O) groups is 1. The Morgan fingerprint density at radius 1 is 1.08 bits per heavy atom. The molecule has 208 valence electrons. The standard InChI is InChI=1S/C25H30N6O6S2/c1-4-36-23(32)20-16(2)26-25(38-20)29-24-27-21(30-9-12-35-13-10-30)19-22(28-24)31(11-14-37-19)15-17-5-7-18(8-6-17)39(3,33)34/h5-8H,4,9-15H2,1-3H3,(H,26,27,28,29). The number of nitrogens with zero attached hydrogens (tertiary/aromatic N) is 5. The number of thiazole rings is 1. The van der Waals surface area contributed by atoms with Crippen LogP contribution in [0.3, 0.4) is 0 Å². The van der Waals surface area contributed by atoms with Crippen LogP contribution in [0.15, 0.2) is 29.2 Å².